The molecule has 0 bridgehead atoms. The second-order valence-corrected chi connectivity index (χ2v) is 3.70. The molecule has 0 radical (unpaired) electrons. The highest BCUT2D eigenvalue weighted by Crippen LogP contribution is 2.21. The molecular formula is C11H15FN2. The van der Waals surface area contributed by atoms with E-state index in [1.54, 1.807) is 6.07 Å². The number of hydrogen-bond acceptors (Lipinski definition) is 2. The molecule has 1 aliphatic rings. The van der Waals surface area contributed by atoms with Gasteiger partial charge in [0.1, 0.15) is 5.82 Å². The van der Waals surface area contributed by atoms with Gasteiger partial charge in [0.15, 0.2) is 0 Å². The molecular weight excluding hydrogens is 179 g/mol. The molecule has 2 nitrogen and oxygen atoms in total. The van der Waals surface area contributed by atoms with E-state index in [9.17, 15) is 4.39 Å². The molecule has 1 saturated heterocycles. The third-order valence-corrected chi connectivity index (χ3v) is 2.66. The molecule has 1 unspecified atom stereocenters. The van der Waals surface area contributed by atoms with Gasteiger partial charge in [0, 0.05) is 25.7 Å². The predicted octanol–water partition coefficient (Wildman–Crippen LogP) is 1.62. The fourth-order valence-corrected chi connectivity index (χ4v) is 1.88. The van der Waals surface area contributed by atoms with Crippen molar-refractivity contribution in [2.45, 2.75) is 13.0 Å². The van der Waals surface area contributed by atoms with Crippen molar-refractivity contribution >= 4 is 5.69 Å². The SMILES string of the molecule is CC1CNCCN1c1ccccc1F. The first-order chi connectivity index (χ1) is 6.79. The van der Waals surface area contributed by atoms with Crippen LogP contribution < -0.4 is 10.2 Å². The van der Waals surface area contributed by atoms with Gasteiger partial charge in [-0.25, -0.2) is 4.39 Å². The summed E-state index contributed by atoms with van der Waals surface area (Å²) in [5.74, 6) is -0.124. The highest BCUT2D eigenvalue weighted by molar-refractivity contribution is 5.49. The molecule has 0 spiro atoms. The van der Waals surface area contributed by atoms with Crippen LogP contribution >= 0.6 is 0 Å². The van der Waals surface area contributed by atoms with Crippen molar-refractivity contribution in [3.8, 4) is 0 Å². The second-order valence-electron chi connectivity index (χ2n) is 3.70. The lowest BCUT2D eigenvalue weighted by atomic mass is 10.2. The molecule has 1 atom stereocenters. The van der Waals surface area contributed by atoms with Crippen molar-refractivity contribution in [2.24, 2.45) is 0 Å². The van der Waals surface area contributed by atoms with Gasteiger partial charge in [-0.1, -0.05) is 12.1 Å². The van der Waals surface area contributed by atoms with Gasteiger partial charge in [-0.2, -0.15) is 0 Å². The number of halogens is 1. The Morgan fingerprint density at radius 2 is 2.21 bits per heavy atom. The van der Waals surface area contributed by atoms with E-state index in [1.807, 2.05) is 12.1 Å². The molecule has 0 saturated carbocycles. The zero-order valence-electron chi connectivity index (χ0n) is 8.33. The van der Waals surface area contributed by atoms with Crippen molar-refractivity contribution in [3.63, 3.8) is 0 Å². The van der Waals surface area contributed by atoms with Gasteiger partial charge in [0.05, 0.1) is 5.69 Å². The maximum absolute atomic E-state index is 13.5. The van der Waals surface area contributed by atoms with Gasteiger partial charge in [0.25, 0.3) is 0 Å². The highest BCUT2D eigenvalue weighted by Gasteiger charge is 2.20. The normalized spacial score (nSPS) is 22.4. The Balaban J connectivity index is 2.25. The van der Waals surface area contributed by atoms with E-state index in [-0.39, 0.29) is 5.82 Å². The van der Waals surface area contributed by atoms with Crippen LogP contribution in [0.2, 0.25) is 0 Å². The van der Waals surface area contributed by atoms with Crippen LogP contribution in [0.3, 0.4) is 0 Å². The number of hydrogen-bond donors (Lipinski definition) is 1. The maximum atomic E-state index is 13.5. The number of rotatable bonds is 1. The fraction of sp³-hybridized carbons (Fsp3) is 0.455. The lowest BCUT2D eigenvalue weighted by Gasteiger charge is -2.35. The molecule has 14 heavy (non-hydrogen) atoms. The van der Waals surface area contributed by atoms with E-state index in [4.69, 9.17) is 0 Å². The second kappa shape index (κ2) is 3.96. The summed E-state index contributed by atoms with van der Waals surface area (Å²) in [6.45, 7) is 4.84. The molecule has 3 heteroatoms. The van der Waals surface area contributed by atoms with E-state index in [2.05, 4.69) is 17.1 Å². The first-order valence-electron chi connectivity index (χ1n) is 5.01. The molecule has 1 heterocycles. The van der Waals surface area contributed by atoms with E-state index < -0.39 is 0 Å². The summed E-state index contributed by atoms with van der Waals surface area (Å²) in [5, 5.41) is 3.29. The average Bonchev–Trinajstić information content (AvgIpc) is 2.20. The minimum Gasteiger partial charge on any atom is -0.364 e. The maximum Gasteiger partial charge on any atom is 0.146 e. The smallest absolute Gasteiger partial charge is 0.146 e. The Hall–Kier alpha value is -1.09. The van der Waals surface area contributed by atoms with Gasteiger partial charge < -0.3 is 10.2 Å². The molecule has 1 aliphatic heterocycles. The third-order valence-electron chi connectivity index (χ3n) is 2.66. The molecule has 1 aromatic rings. The van der Waals surface area contributed by atoms with Crippen molar-refractivity contribution in [2.75, 3.05) is 24.5 Å². The number of benzene rings is 1. The van der Waals surface area contributed by atoms with Crippen LogP contribution in [0.15, 0.2) is 24.3 Å². The van der Waals surface area contributed by atoms with Crippen LogP contribution in [0.1, 0.15) is 6.92 Å². The molecule has 1 fully saturated rings. The summed E-state index contributed by atoms with van der Waals surface area (Å²) in [4.78, 5) is 2.12. The molecule has 0 amide bonds. The summed E-state index contributed by atoms with van der Waals surface area (Å²) in [7, 11) is 0. The molecule has 1 aromatic carbocycles. The summed E-state index contributed by atoms with van der Waals surface area (Å²) < 4.78 is 13.5. The van der Waals surface area contributed by atoms with Crippen molar-refractivity contribution in [1.82, 2.24) is 5.32 Å². The Bertz CT molecular complexity index is 314. The Labute approximate surface area is 83.7 Å². The summed E-state index contributed by atoms with van der Waals surface area (Å²) >= 11 is 0. The monoisotopic (exact) mass is 194 g/mol. The first kappa shape index (κ1) is 9.46. The Morgan fingerprint density at radius 3 is 2.93 bits per heavy atom. The Kier molecular flexibility index (Phi) is 2.68. The quantitative estimate of drug-likeness (QED) is 0.731. The molecule has 0 aliphatic carbocycles. The lowest BCUT2D eigenvalue weighted by molar-refractivity contribution is 0.491. The fourth-order valence-electron chi connectivity index (χ4n) is 1.88. The minimum absolute atomic E-state index is 0.124. The zero-order chi connectivity index (χ0) is 9.97. The number of nitrogens with zero attached hydrogens (tertiary/aromatic N) is 1. The van der Waals surface area contributed by atoms with Gasteiger partial charge in [0.2, 0.25) is 0 Å². The number of para-hydroxylation sites is 1. The van der Waals surface area contributed by atoms with Gasteiger partial charge in [-0.05, 0) is 19.1 Å². The highest BCUT2D eigenvalue weighted by atomic mass is 19.1. The number of piperazine rings is 1. The molecule has 76 valence electrons. The summed E-state index contributed by atoms with van der Waals surface area (Å²) in [6, 6.07) is 7.33. The van der Waals surface area contributed by atoms with E-state index in [1.165, 1.54) is 6.07 Å². The molecule has 1 N–H and O–H groups in total. The number of anilines is 1. The zero-order valence-corrected chi connectivity index (χ0v) is 8.33. The first-order valence-corrected chi connectivity index (χ1v) is 5.01. The van der Waals surface area contributed by atoms with Gasteiger partial charge >= 0.3 is 0 Å². The van der Waals surface area contributed by atoms with Crippen LogP contribution in [-0.2, 0) is 0 Å². The van der Waals surface area contributed by atoms with Crippen LogP contribution in [0.5, 0.6) is 0 Å². The van der Waals surface area contributed by atoms with Crippen LogP contribution in [0.4, 0.5) is 10.1 Å². The minimum atomic E-state index is -0.124. The van der Waals surface area contributed by atoms with Crippen LogP contribution in [0.25, 0.3) is 0 Å². The summed E-state index contributed by atoms with van der Waals surface area (Å²) in [5.41, 5.74) is 0.724. The standard InChI is InChI=1S/C11H15FN2/c1-9-8-13-6-7-14(9)11-5-3-2-4-10(11)12/h2-5,9,13H,6-8H2,1H3. The average molecular weight is 194 g/mol. The van der Waals surface area contributed by atoms with E-state index >= 15 is 0 Å². The van der Waals surface area contributed by atoms with Gasteiger partial charge in [-0.3, -0.25) is 0 Å². The van der Waals surface area contributed by atoms with E-state index in [0.717, 1.165) is 25.3 Å². The number of nitrogens with one attached hydrogen (secondary N) is 1. The predicted molar refractivity (Wildman–Crippen MR) is 56.1 cm³/mol. The largest absolute Gasteiger partial charge is 0.364 e. The van der Waals surface area contributed by atoms with Crippen LogP contribution in [-0.4, -0.2) is 25.7 Å². The molecule has 0 aromatic heterocycles. The van der Waals surface area contributed by atoms with Crippen molar-refractivity contribution in [3.05, 3.63) is 30.1 Å². The Morgan fingerprint density at radius 1 is 1.43 bits per heavy atom. The topological polar surface area (TPSA) is 15.3 Å². The summed E-state index contributed by atoms with van der Waals surface area (Å²) in [6.07, 6.45) is 0. The van der Waals surface area contributed by atoms with Crippen LogP contribution in [0, 0.1) is 5.82 Å². The van der Waals surface area contributed by atoms with Crippen molar-refractivity contribution in [1.29, 1.82) is 0 Å². The lowest BCUT2D eigenvalue weighted by Crippen LogP contribution is -2.50. The van der Waals surface area contributed by atoms with Crippen molar-refractivity contribution < 1.29 is 4.39 Å². The molecule has 2 rings (SSSR count). The van der Waals surface area contributed by atoms with Gasteiger partial charge in [-0.15, -0.1) is 0 Å². The third kappa shape index (κ3) is 1.73. The van der Waals surface area contributed by atoms with E-state index in [0.29, 0.717) is 6.04 Å².